The number of hydrogen-bond acceptors (Lipinski definition) is 13. The molecule has 1 saturated heterocycles. The number of esters is 5. The van der Waals surface area contributed by atoms with E-state index >= 15 is 4.39 Å². The molecule has 0 N–H and O–H groups in total. The third kappa shape index (κ3) is 6.59. The lowest BCUT2D eigenvalue weighted by atomic mass is 9.78. The van der Waals surface area contributed by atoms with Crippen LogP contribution in [0, 0.1) is 0 Å². The normalized spacial score (nSPS) is 24.6. The van der Waals surface area contributed by atoms with E-state index in [0.29, 0.717) is 21.9 Å². The van der Waals surface area contributed by atoms with Crippen molar-refractivity contribution in [1.29, 1.82) is 0 Å². The van der Waals surface area contributed by atoms with Gasteiger partial charge in [0.15, 0.2) is 17.8 Å². The largest absolute Gasteiger partial charge is 0.463 e. The molecule has 3 heterocycles. The van der Waals surface area contributed by atoms with E-state index in [1.54, 1.807) is 18.2 Å². The Labute approximate surface area is 312 Å². The van der Waals surface area contributed by atoms with Crippen LogP contribution < -0.4 is 20.0 Å². The lowest BCUT2D eigenvalue weighted by molar-refractivity contribution is -0.288. The molecule has 1 spiro atoms. The monoisotopic (exact) mass is 763 g/mol. The molecule has 6 rings (SSSR count). The number of benzene rings is 3. The van der Waals surface area contributed by atoms with E-state index in [1.165, 1.54) is 13.0 Å². The molecular weight excluding hydrogens is 722 g/mol. The van der Waals surface area contributed by atoms with Gasteiger partial charge in [-0.2, -0.15) is 0 Å². The van der Waals surface area contributed by atoms with Gasteiger partial charge < -0.3 is 38.1 Å². The van der Waals surface area contributed by atoms with Crippen molar-refractivity contribution in [3.63, 3.8) is 0 Å². The number of hydrogen-bond donors (Lipinski definition) is 0. The van der Waals surface area contributed by atoms with Crippen LogP contribution in [0.5, 0.6) is 5.75 Å². The van der Waals surface area contributed by atoms with E-state index < -0.39 is 87.5 Å². The van der Waals surface area contributed by atoms with Crippen LogP contribution in [0.15, 0.2) is 54.6 Å². The van der Waals surface area contributed by atoms with E-state index in [0.717, 1.165) is 37.2 Å². The zero-order valence-corrected chi connectivity index (χ0v) is 32.2. The third-order valence-corrected chi connectivity index (χ3v) is 13.5. The maximum Gasteiger partial charge on any atom is 0.340 e. The zero-order valence-electron chi connectivity index (χ0n) is 31.2. The fourth-order valence-electron chi connectivity index (χ4n) is 7.82. The molecule has 0 aromatic heterocycles. The van der Waals surface area contributed by atoms with Crippen LogP contribution in [0.3, 0.4) is 0 Å². The number of ether oxygens (including phenoxy) is 7. The van der Waals surface area contributed by atoms with Crippen molar-refractivity contribution in [3.05, 3.63) is 82.4 Å². The minimum Gasteiger partial charge on any atom is -0.463 e. The molecule has 286 valence electrons. The van der Waals surface area contributed by atoms with Crippen molar-refractivity contribution < 1.29 is 61.5 Å². The average molecular weight is 764 g/mol. The van der Waals surface area contributed by atoms with Gasteiger partial charge in [-0.25, -0.2) is 9.18 Å². The van der Waals surface area contributed by atoms with Gasteiger partial charge in [-0.05, 0) is 34.6 Å². The van der Waals surface area contributed by atoms with Crippen molar-refractivity contribution in [1.82, 2.24) is 0 Å². The van der Waals surface area contributed by atoms with Crippen LogP contribution in [0.25, 0.3) is 0 Å². The Morgan fingerprint density at radius 3 is 2.07 bits per heavy atom. The molecule has 13 nitrogen and oxygen atoms in total. The summed E-state index contributed by atoms with van der Waals surface area (Å²) in [5.74, 6) is -3.57. The SMILES string of the molecule is CC(=O)OC[C@H]1O[C@@H](Oc2ccc3c(c2CF)[Si](C)(C)c2cc(N(C)C)ccc2C32OC(=O)c3ccccc32)[C@H](OC(C)=O)[C@@H](OC(C)=O)[C@H]1OC(C)=O. The summed E-state index contributed by atoms with van der Waals surface area (Å²) >= 11 is 0. The summed E-state index contributed by atoms with van der Waals surface area (Å²) in [6.45, 7) is 7.20. The predicted molar refractivity (Wildman–Crippen MR) is 193 cm³/mol. The first-order valence-electron chi connectivity index (χ1n) is 17.4. The Morgan fingerprint density at radius 1 is 0.815 bits per heavy atom. The second kappa shape index (κ2) is 14.5. The number of halogens is 1. The van der Waals surface area contributed by atoms with E-state index in [-0.39, 0.29) is 11.3 Å². The number of rotatable bonds is 9. The molecule has 6 atom stereocenters. The second-order valence-electron chi connectivity index (χ2n) is 14.1. The quantitative estimate of drug-likeness (QED) is 0.178. The van der Waals surface area contributed by atoms with Gasteiger partial charge in [0.1, 0.15) is 33.2 Å². The van der Waals surface area contributed by atoms with E-state index in [4.69, 9.17) is 33.2 Å². The first-order valence-corrected chi connectivity index (χ1v) is 20.4. The van der Waals surface area contributed by atoms with Gasteiger partial charge in [-0.15, -0.1) is 0 Å². The summed E-state index contributed by atoms with van der Waals surface area (Å²) in [5, 5.41) is 1.55. The van der Waals surface area contributed by atoms with Gasteiger partial charge >= 0.3 is 29.8 Å². The molecular formula is C39H42FNO12Si. The van der Waals surface area contributed by atoms with Crippen LogP contribution in [0.4, 0.5) is 10.1 Å². The Hall–Kier alpha value is -5.28. The highest BCUT2D eigenvalue weighted by Gasteiger charge is 2.58. The van der Waals surface area contributed by atoms with Crippen molar-refractivity contribution in [3.8, 4) is 5.75 Å². The lowest BCUT2D eigenvalue weighted by Crippen LogP contribution is -2.65. The number of fused-ring (bicyclic) bond motifs is 6. The molecule has 0 bridgehead atoms. The maximum atomic E-state index is 15.9. The highest BCUT2D eigenvalue weighted by atomic mass is 28.3. The van der Waals surface area contributed by atoms with Crippen LogP contribution in [-0.2, 0) is 59.9 Å². The molecule has 54 heavy (non-hydrogen) atoms. The fraction of sp³-hybridized carbons (Fsp3) is 0.410. The third-order valence-electron chi connectivity index (χ3n) is 9.94. The average Bonchev–Trinajstić information content (AvgIpc) is 3.40. The fourth-order valence-corrected chi connectivity index (χ4v) is 11.4. The smallest absolute Gasteiger partial charge is 0.340 e. The van der Waals surface area contributed by atoms with Crippen molar-refractivity contribution in [2.45, 2.75) is 83.8 Å². The van der Waals surface area contributed by atoms with Crippen LogP contribution in [-0.4, -0.2) is 89.3 Å². The molecule has 0 amide bonds. The standard InChI is InChI=1S/C39H42FNO12Si/c1-20(42)47-19-31-33(48-21(2)43)34(49-22(3)44)35(50-23(4)45)38(52-31)51-30-16-15-29-36(26(30)18-40)54(7,8)32-17-24(41(5)6)13-14-28(32)39(29)27-12-10-9-11-25(27)37(46)53-39/h9-17,31,33-35,38H,18-19H2,1-8H3/t31-,33+,34+,35-,38-,39?/m1/s1. The van der Waals surface area contributed by atoms with Crippen LogP contribution >= 0.6 is 0 Å². The van der Waals surface area contributed by atoms with Crippen molar-refractivity contribution in [2.24, 2.45) is 0 Å². The Bertz CT molecular complexity index is 2030. The van der Waals surface area contributed by atoms with E-state index in [1.807, 2.05) is 43.3 Å². The molecule has 3 aromatic rings. The molecule has 1 unspecified atom stereocenters. The highest BCUT2D eigenvalue weighted by Crippen LogP contribution is 2.50. The zero-order chi connectivity index (χ0) is 39.3. The van der Waals surface area contributed by atoms with E-state index in [9.17, 15) is 24.0 Å². The van der Waals surface area contributed by atoms with Gasteiger partial charge in [0.25, 0.3) is 0 Å². The molecule has 15 heteroatoms. The Morgan fingerprint density at radius 2 is 1.44 bits per heavy atom. The number of carbonyl (C=O) groups is 5. The summed E-state index contributed by atoms with van der Waals surface area (Å²) < 4.78 is 56.7. The molecule has 3 aliphatic heterocycles. The first-order chi connectivity index (χ1) is 25.5. The van der Waals surface area contributed by atoms with E-state index in [2.05, 4.69) is 19.2 Å². The first kappa shape index (κ1) is 38.4. The maximum absolute atomic E-state index is 15.9. The van der Waals surface area contributed by atoms with Crippen LogP contribution in [0.2, 0.25) is 13.1 Å². The highest BCUT2D eigenvalue weighted by molar-refractivity contribution is 7.01. The summed E-state index contributed by atoms with van der Waals surface area (Å²) in [6.07, 6.45) is -7.28. The minimum atomic E-state index is -2.90. The topological polar surface area (TPSA) is 153 Å². The van der Waals surface area contributed by atoms with Gasteiger partial charge in [0.05, 0.1) is 5.56 Å². The molecule has 1 fully saturated rings. The summed E-state index contributed by atoms with van der Waals surface area (Å²) in [4.78, 5) is 64.5. The summed E-state index contributed by atoms with van der Waals surface area (Å²) in [7, 11) is 0.930. The molecule has 0 saturated carbocycles. The molecule has 3 aliphatic rings. The number of anilines is 1. The molecule has 3 aromatic carbocycles. The molecule has 0 radical (unpaired) electrons. The summed E-state index contributed by atoms with van der Waals surface area (Å²) in [6, 6.07) is 16.4. The number of alkyl halides is 1. The van der Waals surface area contributed by atoms with Gasteiger partial charge in [-0.3, -0.25) is 19.2 Å². The van der Waals surface area contributed by atoms with Crippen LogP contribution in [0.1, 0.15) is 60.3 Å². The minimum absolute atomic E-state index is 0.0118. The van der Waals surface area contributed by atoms with Crippen molar-refractivity contribution in [2.75, 3.05) is 25.6 Å². The molecule has 0 aliphatic carbocycles. The number of nitrogens with zero attached hydrogens (tertiary/aromatic N) is 1. The van der Waals surface area contributed by atoms with Gasteiger partial charge in [0.2, 0.25) is 12.4 Å². The predicted octanol–water partition coefficient (Wildman–Crippen LogP) is 3.28. The Balaban J connectivity index is 1.55. The van der Waals surface area contributed by atoms with Gasteiger partial charge in [0, 0.05) is 69.7 Å². The number of carbonyl (C=O) groups excluding carboxylic acids is 5. The Kier molecular flexibility index (Phi) is 10.3. The van der Waals surface area contributed by atoms with Gasteiger partial charge in [-0.1, -0.05) is 43.4 Å². The van der Waals surface area contributed by atoms with Crippen molar-refractivity contribution >= 4 is 54.0 Å². The lowest BCUT2D eigenvalue weighted by Gasteiger charge is -2.46. The summed E-state index contributed by atoms with van der Waals surface area (Å²) in [5.41, 5.74) is 2.04. The second-order valence-corrected chi connectivity index (χ2v) is 18.4.